The molecule has 0 aromatic heterocycles. The Morgan fingerprint density at radius 3 is 2.41 bits per heavy atom. The maximum Gasteiger partial charge on any atom is 0.335 e. The summed E-state index contributed by atoms with van der Waals surface area (Å²) in [5.74, 6) is -0.875. The number of carbonyl (C=O) groups excluding carboxylic acids is 3. The van der Waals surface area contributed by atoms with Crippen molar-refractivity contribution in [3.05, 3.63) is 90.3 Å². The molecular formula is C26H18BrCl3N2O5. The average molecular weight is 625 g/mol. The van der Waals surface area contributed by atoms with Crippen molar-refractivity contribution in [1.29, 1.82) is 0 Å². The topological polar surface area (TPSA) is 84.9 Å². The SMILES string of the molecule is COc1cc(/C=C2/C(=O)NC(=O)N(c3ccc(C)c(Cl)c3)C2=O)c(Br)cc1OCc1ccc(Cl)cc1Cl. The zero-order chi connectivity index (χ0) is 26.9. The Hall–Kier alpha value is -3.04. The summed E-state index contributed by atoms with van der Waals surface area (Å²) >= 11 is 21.8. The average Bonchev–Trinajstić information content (AvgIpc) is 2.84. The molecule has 1 saturated heterocycles. The standard InChI is InChI=1S/C26H18BrCl3N2O5/c1-13-3-6-17(10-20(13)29)32-25(34)18(24(33)31-26(32)35)7-15-8-22(36-2)23(11-19(15)27)37-12-14-4-5-16(28)9-21(14)30/h3-11H,12H2,1-2H3,(H,31,33,35)/b18-7-. The van der Waals surface area contributed by atoms with Crippen LogP contribution < -0.4 is 19.7 Å². The lowest BCUT2D eigenvalue weighted by atomic mass is 10.1. The molecular weight excluding hydrogens is 607 g/mol. The number of urea groups is 1. The van der Waals surface area contributed by atoms with Crippen molar-refractivity contribution in [2.45, 2.75) is 13.5 Å². The van der Waals surface area contributed by atoms with Crippen molar-refractivity contribution in [2.24, 2.45) is 0 Å². The molecule has 4 rings (SSSR count). The van der Waals surface area contributed by atoms with Crippen LogP contribution in [0.3, 0.4) is 0 Å². The molecule has 0 aliphatic carbocycles. The molecule has 1 aliphatic rings. The van der Waals surface area contributed by atoms with E-state index in [1.165, 1.54) is 19.3 Å². The van der Waals surface area contributed by atoms with E-state index in [4.69, 9.17) is 44.3 Å². The van der Waals surface area contributed by atoms with Gasteiger partial charge in [0.05, 0.1) is 12.8 Å². The summed E-state index contributed by atoms with van der Waals surface area (Å²) in [6.07, 6.45) is 1.36. The molecule has 0 unspecified atom stereocenters. The molecule has 7 nitrogen and oxygen atoms in total. The molecule has 1 N–H and O–H groups in total. The number of methoxy groups -OCH3 is 1. The van der Waals surface area contributed by atoms with Gasteiger partial charge in [-0.3, -0.25) is 14.9 Å². The molecule has 0 atom stereocenters. The van der Waals surface area contributed by atoms with Gasteiger partial charge >= 0.3 is 6.03 Å². The summed E-state index contributed by atoms with van der Waals surface area (Å²) in [4.78, 5) is 39.2. The number of hydrogen-bond donors (Lipinski definition) is 1. The molecule has 1 aliphatic heterocycles. The first-order valence-corrected chi connectivity index (χ1v) is 12.6. The number of amides is 4. The number of imide groups is 2. The van der Waals surface area contributed by atoms with Crippen LogP contribution in [0.1, 0.15) is 16.7 Å². The number of halogens is 4. The van der Waals surface area contributed by atoms with E-state index in [2.05, 4.69) is 21.2 Å². The van der Waals surface area contributed by atoms with E-state index in [1.54, 1.807) is 49.4 Å². The fourth-order valence-electron chi connectivity index (χ4n) is 3.50. The Balaban J connectivity index is 1.65. The van der Waals surface area contributed by atoms with Gasteiger partial charge in [-0.1, -0.05) is 62.9 Å². The summed E-state index contributed by atoms with van der Waals surface area (Å²) in [5, 5.41) is 3.54. The highest BCUT2D eigenvalue weighted by Crippen LogP contribution is 2.36. The Kier molecular flexibility index (Phi) is 8.14. The van der Waals surface area contributed by atoms with Crippen LogP contribution in [0.4, 0.5) is 10.5 Å². The zero-order valence-electron chi connectivity index (χ0n) is 19.4. The Labute approximate surface area is 236 Å². The van der Waals surface area contributed by atoms with E-state index in [0.29, 0.717) is 36.6 Å². The van der Waals surface area contributed by atoms with E-state index in [9.17, 15) is 14.4 Å². The predicted octanol–water partition coefficient (Wildman–Crippen LogP) is 6.97. The minimum absolute atomic E-state index is 0.149. The fraction of sp³-hybridized carbons (Fsp3) is 0.115. The number of carbonyl (C=O) groups is 3. The molecule has 37 heavy (non-hydrogen) atoms. The van der Waals surface area contributed by atoms with Crippen molar-refractivity contribution < 1.29 is 23.9 Å². The van der Waals surface area contributed by atoms with Crippen molar-refractivity contribution in [3.63, 3.8) is 0 Å². The third-order valence-corrected chi connectivity index (χ3v) is 7.18. The molecule has 4 amide bonds. The summed E-state index contributed by atoms with van der Waals surface area (Å²) < 4.78 is 11.9. The van der Waals surface area contributed by atoms with E-state index in [1.807, 2.05) is 0 Å². The second-order valence-electron chi connectivity index (χ2n) is 7.94. The van der Waals surface area contributed by atoms with E-state index in [0.717, 1.165) is 16.0 Å². The number of barbiturate groups is 1. The van der Waals surface area contributed by atoms with Gasteiger partial charge < -0.3 is 9.47 Å². The lowest BCUT2D eigenvalue weighted by molar-refractivity contribution is -0.122. The smallest absolute Gasteiger partial charge is 0.335 e. The molecule has 0 radical (unpaired) electrons. The Morgan fingerprint density at radius 1 is 0.973 bits per heavy atom. The third kappa shape index (κ3) is 5.78. The van der Waals surface area contributed by atoms with Gasteiger partial charge in [0.2, 0.25) is 0 Å². The van der Waals surface area contributed by atoms with Crippen molar-refractivity contribution in [1.82, 2.24) is 5.32 Å². The third-order valence-electron chi connectivity index (χ3n) is 5.50. The second-order valence-corrected chi connectivity index (χ2v) is 10.0. The summed E-state index contributed by atoms with van der Waals surface area (Å²) in [6, 6.07) is 12.2. The first-order valence-electron chi connectivity index (χ1n) is 10.7. The number of nitrogens with one attached hydrogen (secondary N) is 1. The number of aryl methyl sites for hydroxylation is 1. The highest BCUT2D eigenvalue weighted by atomic mass is 79.9. The molecule has 11 heteroatoms. The van der Waals surface area contributed by atoms with Crippen molar-refractivity contribution >= 4 is 80.3 Å². The highest BCUT2D eigenvalue weighted by Gasteiger charge is 2.37. The van der Waals surface area contributed by atoms with E-state index >= 15 is 0 Å². The summed E-state index contributed by atoms with van der Waals surface area (Å²) in [7, 11) is 1.46. The highest BCUT2D eigenvalue weighted by molar-refractivity contribution is 9.10. The minimum Gasteiger partial charge on any atom is -0.493 e. The summed E-state index contributed by atoms with van der Waals surface area (Å²) in [5.41, 5.74) is 1.93. The fourth-order valence-corrected chi connectivity index (χ4v) is 4.57. The minimum atomic E-state index is -0.867. The Morgan fingerprint density at radius 2 is 1.73 bits per heavy atom. The maximum absolute atomic E-state index is 13.2. The van der Waals surface area contributed by atoms with Crippen LogP contribution in [0, 0.1) is 6.92 Å². The number of anilines is 1. The number of hydrogen-bond acceptors (Lipinski definition) is 5. The zero-order valence-corrected chi connectivity index (χ0v) is 23.3. The van der Waals surface area contributed by atoms with Crippen LogP contribution in [0.15, 0.2) is 58.6 Å². The maximum atomic E-state index is 13.2. The van der Waals surface area contributed by atoms with Gasteiger partial charge in [-0.05, 0) is 60.5 Å². The number of rotatable bonds is 6. The van der Waals surface area contributed by atoms with Crippen LogP contribution in [0.25, 0.3) is 6.08 Å². The van der Waals surface area contributed by atoms with Crippen LogP contribution in [0.5, 0.6) is 11.5 Å². The van der Waals surface area contributed by atoms with Gasteiger partial charge in [0.25, 0.3) is 11.8 Å². The first kappa shape index (κ1) is 27.0. The number of nitrogens with zero attached hydrogens (tertiary/aromatic N) is 1. The van der Waals surface area contributed by atoms with Crippen molar-refractivity contribution in [2.75, 3.05) is 12.0 Å². The van der Waals surface area contributed by atoms with E-state index in [-0.39, 0.29) is 17.9 Å². The van der Waals surface area contributed by atoms with Gasteiger partial charge in [-0.25, -0.2) is 9.69 Å². The molecule has 0 spiro atoms. The molecule has 0 bridgehead atoms. The van der Waals surface area contributed by atoms with Crippen LogP contribution in [0.2, 0.25) is 15.1 Å². The normalized spacial score (nSPS) is 14.7. The van der Waals surface area contributed by atoms with Crippen molar-refractivity contribution in [3.8, 4) is 11.5 Å². The van der Waals surface area contributed by atoms with Gasteiger partial charge in [-0.2, -0.15) is 0 Å². The van der Waals surface area contributed by atoms with Crippen LogP contribution >= 0.6 is 50.7 Å². The molecule has 3 aromatic carbocycles. The van der Waals surface area contributed by atoms with Crippen LogP contribution in [-0.2, 0) is 16.2 Å². The molecule has 1 fully saturated rings. The molecule has 0 saturated carbocycles. The van der Waals surface area contributed by atoms with Gasteiger partial charge in [-0.15, -0.1) is 0 Å². The lowest BCUT2D eigenvalue weighted by Crippen LogP contribution is -2.54. The predicted molar refractivity (Wildman–Crippen MR) is 147 cm³/mol. The van der Waals surface area contributed by atoms with Gasteiger partial charge in [0.1, 0.15) is 12.2 Å². The molecule has 190 valence electrons. The quantitative estimate of drug-likeness (QED) is 0.237. The number of ether oxygens (including phenoxy) is 2. The second kappa shape index (κ2) is 11.1. The summed E-state index contributed by atoms with van der Waals surface area (Å²) in [6.45, 7) is 1.94. The monoisotopic (exact) mass is 622 g/mol. The molecule has 3 aromatic rings. The van der Waals surface area contributed by atoms with Crippen LogP contribution in [-0.4, -0.2) is 25.0 Å². The largest absolute Gasteiger partial charge is 0.493 e. The van der Waals surface area contributed by atoms with E-state index < -0.39 is 17.8 Å². The lowest BCUT2D eigenvalue weighted by Gasteiger charge is -2.26. The first-order chi connectivity index (χ1) is 17.6. The number of benzene rings is 3. The molecule has 1 heterocycles. The van der Waals surface area contributed by atoms with Gasteiger partial charge in [0, 0.05) is 25.1 Å². The Bertz CT molecular complexity index is 1470. The van der Waals surface area contributed by atoms with Gasteiger partial charge in [0.15, 0.2) is 11.5 Å².